The van der Waals surface area contributed by atoms with E-state index in [1.165, 1.54) is 21.9 Å². The van der Waals surface area contributed by atoms with Gasteiger partial charge in [0.25, 0.3) is 0 Å². The number of fused-ring (bicyclic) bond motifs is 3. The Kier molecular flexibility index (Phi) is 4.14. The Balaban J connectivity index is 1.48. The first-order valence-corrected chi connectivity index (χ1v) is 10.1. The van der Waals surface area contributed by atoms with Gasteiger partial charge in [0.1, 0.15) is 5.82 Å². The minimum atomic E-state index is -0.373. The number of anilines is 1. The van der Waals surface area contributed by atoms with E-state index in [1.54, 1.807) is 0 Å². The number of likely N-dealkylation sites (N-methyl/N-ethyl adjacent to an activating group) is 1. The summed E-state index contributed by atoms with van der Waals surface area (Å²) >= 11 is 0. The number of piperidine rings is 1. The van der Waals surface area contributed by atoms with Crippen LogP contribution in [0.4, 0.5) is 5.82 Å². The van der Waals surface area contributed by atoms with E-state index >= 15 is 0 Å². The summed E-state index contributed by atoms with van der Waals surface area (Å²) in [4.78, 5) is 9.27. The average Bonchev–Trinajstić information content (AvgIpc) is 2.97. The van der Waals surface area contributed by atoms with Crippen LogP contribution in [-0.2, 0) is 5.41 Å². The summed E-state index contributed by atoms with van der Waals surface area (Å²) in [7, 11) is 4.14. The topological polar surface area (TPSA) is 39.6 Å². The van der Waals surface area contributed by atoms with E-state index in [-0.39, 0.29) is 17.6 Å². The maximum atomic E-state index is 11.4. The second-order valence-electron chi connectivity index (χ2n) is 8.44. The van der Waals surface area contributed by atoms with Crippen molar-refractivity contribution in [2.75, 3.05) is 32.1 Å². The molecule has 2 aliphatic rings. The van der Waals surface area contributed by atoms with Gasteiger partial charge in [-0.1, -0.05) is 48.5 Å². The average molecular weight is 374 g/mol. The van der Waals surface area contributed by atoms with Gasteiger partial charge < -0.3 is 14.9 Å². The molecule has 1 spiro atoms. The summed E-state index contributed by atoms with van der Waals surface area (Å²) < 4.78 is 0. The number of hydrogen-bond acceptors (Lipinski definition) is 4. The highest BCUT2D eigenvalue weighted by molar-refractivity contribution is 5.92. The number of pyridine rings is 1. The van der Waals surface area contributed by atoms with E-state index in [9.17, 15) is 5.11 Å². The number of nitrogens with zero attached hydrogens (tertiary/aromatic N) is 3. The normalized spacial score (nSPS) is 23.5. The second kappa shape index (κ2) is 6.57. The van der Waals surface area contributed by atoms with Crippen molar-refractivity contribution in [3.05, 3.63) is 71.9 Å². The van der Waals surface area contributed by atoms with Crippen LogP contribution in [0.5, 0.6) is 0 Å². The fraction of sp³-hybridized carbons (Fsp3) is 0.375. The zero-order chi connectivity index (χ0) is 19.3. The van der Waals surface area contributed by atoms with Crippen LogP contribution in [0.15, 0.2) is 60.8 Å². The van der Waals surface area contributed by atoms with E-state index in [0.29, 0.717) is 0 Å². The maximum Gasteiger partial charge on any atom is 0.136 e. The molecule has 2 aromatic carbocycles. The molecule has 4 nitrogen and oxygen atoms in total. The van der Waals surface area contributed by atoms with Gasteiger partial charge in [-0.05, 0) is 49.5 Å². The minimum absolute atomic E-state index is 0.0680. The fourth-order valence-electron chi connectivity index (χ4n) is 5.44. The molecule has 0 amide bonds. The van der Waals surface area contributed by atoms with E-state index < -0.39 is 0 Å². The maximum absolute atomic E-state index is 11.4. The number of hydrogen-bond donors (Lipinski definition) is 1. The Hall–Kier alpha value is -2.43. The van der Waals surface area contributed by atoms with Crippen LogP contribution in [0, 0.1) is 0 Å². The highest BCUT2D eigenvalue weighted by Crippen LogP contribution is 2.52. The Morgan fingerprint density at radius 1 is 1.00 bits per heavy atom. The van der Waals surface area contributed by atoms with Crippen LogP contribution in [0.2, 0.25) is 0 Å². The molecule has 0 saturated carbocycles. The van der Waals surface area contributed by atoms with E-state index in [1.807, 2.05) is 6.20 Å². The first-order chi connectivity index (χ1) is 13.6. The third kappa shape index (κ3) is 2.48. The van der Waals surface area contributed by atoms with Crippen LogP contribution in [0.3, 0.4) is 0 Å². The van der Waals surface area contributed by atoms with Crippen molar-refractivity contribution in [1.29, 1.82) is 0 Å². The second-order valence-corrected chi connectivity index (χ2v) is 8.44. The lowest BCUT2D eigenvalue weighted by Gasteiger charge is -2.44. The summed E-state index contributed by atoms with van der Waals surface area (Å²) in [6.07, 6.45) is 3.42. The molecule has 1 N–H and O–H groups in total. The quantitative estimate of drug-likeness (QED) is 0.743. The summed E-state index contributed by atoms with van der Waals surface area (Å²) in [5, 5.41) is 13.8. The monoisotopic (exact) mass is 373 g/mol. The molecule has 1 aromatic heterocycles. The lowest BCUT2D eigenvalue weighted by atomic mass is 9.72. The molecule has 5 rings (SSSR count). The first kappa shape index (κ1) is 17.7. The highest BCUT2D eigenvalue weighted by atomic mass is 16.3. The van der Waals surface area contributed by atoms with Crippen molar-refractivity contribution in [3.8, 4) is 0 Å². The number of aliphatic hydroxyl groups is 1. The van der Waals surface area contributed by atoms with E-state index in [2.05, 4.69) is 78.5 Å². The van der Waals surface area contributed by atoms with Crippen molar-refractivity contribution in [2.24, 2.45) is 0 Å². The minimum Gasteiger partial charge on any atom is -0.390 e. The molecule has 2 atom stereocenters. The zero-order valence-corrected chi connectivity index (χ0v) is 16.5. The predicted octanol–water partition coefficient (Wildman–Crippen LogP) is 3.75. The molecule has 1 fully saturated rings. The summed E-state index contributed by atoms with van der Waals surface area (Å²) in [6.45, 7) is 1.82. The van der Waals surface area contributed by atoms with Crippen LogP contribution in [0.1, 0.15) is 30.0 Å². The van der Waals surface area contributed by atoms with Crippen molar-refractivity contribution in [2.45, 2.75) is 30.4 Å². The van der Waals surface area contributed by atoms with Gasteiger partial charge in [0.15, 0.2) is 0 Å². The van der Waals surface area contributed by atoms with Crippen molar-refractivity contribution < 1.29 is 5.11 Å². The Labute approximate surface area is 166 Å². The molecular weight excluding hydrogens is 346 g/mol. The molecule has 28 heavy (non-hydrogen) atoms. The lowest BCUT2D eigenvalue weighted by Crippen LogP contribution is -2.49. The molecule has 1 aliphatic heterocycles. The number of rotatable bonds is 2. The van der Waals surface area contributed by atoms with Gasteiger partial charge in [-0.3, -0.25) is 0 Å². The Morgan fingerprint density at radius 2 is 1.71 bits per heavy atom. The molecule has 1 saturated heterocycles. The predicted molar refractivity (Wildman–Crippen MR) is 114 cm³/mol. The van der Waals surface area contributed by atoms with Crippen LogP contribution in [0.25, 0.3) is 10.8 Å². The molecule has 4 heteroatoms. The fourth-order valence-corrected chi connectivity index (χ4v) is 5.44. The molecule has 2 heterocycles. The van der Waals surface area contributed by atoms with Crippen LogP contribution < -0.4 is 4.90 Å². The molecular formula is C24H27N3O. The van der Waals surface area contributed by atoms with Crippen LogP contribution >= 0.6 is 0 Å². The Morgan fingerprint density at radius 3 is 2.50 bits per heavy atom. The zero-order valence-electron chi connectivity index (χ0n) is 16.5. The summed E-state index contributed by atoms with van der Waals surface area (Å²) in [6, 6.07) is 19.2. The molecule has 0 unspecified atom stereocenters. The van der Waals surface area contributed by atoms with Gasteiger partial charge >= 0.3 is 0 Å². The van der Waals surface area contributed by atoms with Crippen molar-refractivity contribution in [3.63, 3.8) is 0 Å². The molecule has 3 aromatic rings. The van der Waals surface area contributed by atoms with Gasteiger partial charge in [0.05, 0.1) is 12.1 Å². The van der Waals surface area contributed by atoms with Gasteiger partial charge in [-0.15, -0.1) is 0 Å². The molecule has 0 bridgehead atoms. The standard InChI is InChI=1S/C24H27N3O/c1-26(2)21-19-9-5-6-10-20(19)24(22(21)28)12-15-27(16-13-24)23-18-8-4-3-7-17(18)11-14-25-23/h3-11,14,21-22,28H,12-13,15-16H2,1-2H3/t21-,22+/m0/s1. The van der Waals surface area contributed by atoms with Gasteiger partial charge in [0.2, 0.25) is 0 Å². The highest BCUT2D eigenvalue weighted by Gasteiger charge is 2.53. The first-order valence-electron chi connectivity index (χ1n) is 10.1. The molecule has 1 aliphatic carbocycles. The smallest absolute Gasteiger partial charge is 0.136 e. The van der Waals surface area contributed by atoms with E-state index in [0.717, 1.165) is 31.7 Å². The largest absolute Gasteiger partial charge is 0.390 e. The van der Waals surface area contributed by atoms with Crippen molar-refractivity contribution >= 4 is 16.6 Å². The molecule has 0 radical (unpaired) electrons. The third-order valence-corrected chi connectivity index (χ3v) is 6.85. The van der Waals surface area contributed by atoms with Gasteiger partial charge in [-0.2, -0.15) is 0 Å². The van der Waals surface area contributed by atoms with Crippen LogP contribution in [-0.4, -0.2) is 48.3 Å². The number of benzene rings is 2. The van der Waals surface area contributed by atoms with E-state index in [4.69, 9.17) is 4.98 Å². The number of aromatic nitrogens is 1. The summed E-state index contributed by atoms with van der Waals surface area (Å²) in [5.74, 6) is 1.07. The SMILES string of the molecule is CN(C)[C@H]1c2ccccc2C2(CCN(c3nccc4ccccc34)CC2)[C@@H]1O. The summed E-state index contributed by atoms with van der Waals surface area (Å²) in [5.41, 5.74) is 2.47. The Bertz CT molecular complexity index is 1000. The number of aliphatic hydroxyl groups excluding tert-OH is 1. The lowest BCUT2D eigenvalue weighted by molar-refractivity contribution is 0.0166. The third-order valence-electron chi connectivity index (χ3n) is 6.85. The van der Waals surface area contributed by atoms with Crippen molar-refractivity contribution in [1.82, 2.24) is 9.88 Å². The van der Waals surface area contributed by atoms with Gasteiger partial charge in [-0.25, -0.2) is 4.98 Å². The van der Waals surface area contributed by atoms with Gasteiger partial charge in [0, 0.05) is 30.1 Å². The molecule has 144 valence electrons.